The van der Waals surface area contributed by atoms with Crippen LogP contribution in [0.25, 0.3) is 10.9 Å². The van der Waals surface area contributed by atoms with Gasteiger partial charge in [0.2, 0.25) is 5.91 Å². The summed E-state index contributed by atoms with van der Waals surface area (Å²) in [5, 5.41) is 3.41. The molecular weight excluding hydrogens is 455 g/mol. The number of hydrogen-bond acceptors (Lipinski definition) is 4. The molecule has 4 aromatic rings. The van der Waals surface area contributed by atoms with Gasteiger partial charge >= 0.3 is 0 Å². The Labute approximate surface area is 197 Å². The highest BCUT2D eigenvalue weighted by atomic mass is 32.2. The second-order valence-electron chi connectivity index (χ2n) is 7.94. The van der Waals surface area contributed by atoms with Crippen LogP contribution in [-0.4, -0.2) is 32.5 Å². The molecule has 0 atom stereocenters. The molecule has 1 amide bonds. The van der Waals surface area contributed by atoms with Crippen molar-refractivity contribution < 1.29 is 22.3 Å². The second-order valence-corrected chi connectivity index (χ2v) is 9.90. The first-order valence-electron chi connectivity index (χ1n) is 10.8. The number of para-hydroxylation sites is 2. The second kappa shape index (κ2) is 10.1. The molecule has 4 rings (SSSR count). The Balaban J connectivity index is 1.50. The smallest absolute Gasteiger partial charge is 0.239 e. The fourth-order valence-corrected chi connectivity index (χ4v) is 5.54. The van der Waals surface area contributed by atoms with Crippen LogP contribution in [0.2, 0.25) is 0 Å². The van der Waals surface area contributed by atoms with Crippen LogP contribution in [-0.2, 0) is 33.4 Å². The number of nitrogens with one attached hydrogen (secondary N) is 1. The fraction of sp³-hybridized carbons (Fsp3) is 0.192. The molecule has 0 bridgehead atoms. The van der Waals surface area contributed by atoms with Crippen LogP contribution < -0.4 is 10.1 Å². The summed E-state index contributed by atoms with van der Waals surface area (Å²) in [7, 11) is -2.16. The van der Waals surface area contributed by atoms with Gasteiger partial charge < -0.3 is 14.6 Å². The largest absolute Gasteiger partial charge is 0.496 e. The molecule has 6 nitrogen and oxygen atoms in total. The fourth-order valence-electron chi connectivity index (χ4n) is 3.97. The number of rotatable bonds is 9. The van der Waals surface area contributed by atoms with Crippen molar-refractivity contribution >= 4 is 26.6 Å². The molecule has 1 N–H and O–H groups in total. The summed E-state index contributed by atoms with van der Waals surface area (Å²) in [5.41, 5.74) is 1.99. The van der Waals surface area contributed by atoms with Crippen molar-refractivity contribution in [2.24, 2.45) is 0 Å². The Hall–Kier alpha value is -3.65. The third-order valence-electron chi connectivity index (χ3n) is 5.56. The van der Waals surface area contributed by atoms with Gasteiger partial charge in [-0.05, 0) is 41.8 Å². The van der Waals surface area contributed by atoms with Gasteiger partial charge in [0.1, 0.15) is 18.1 Å². The zero-order chi connectivity index (χ0) is 24.1. The van der Waals surface area contributed by atoms with E-state index in [2.05, 4.69) is 5.32 Å². The molecule has 0 unspecified atom stereocenters. The molecule has 0 aliphatic rings. The van der Waals surface area contributed by atoms with E-state index in [1.54, 1.807) is 42.0 Å². The zero-order valence-corrected chi connectivity index (χ0v) is 19.5. The van der Waals surface area contributed by atoms with E-state index in [1.807, 2.05) is 24.3 Å². The molecule has 0 aliphatic heterocycles. The number of hydrogen-bond donors (Lipinski definition) is 1. The van der Waals surface area contributed by atoms with Crippen molar-refractivity contribution in [3.05, 3.63) is 95.9 Å². The molecule has 3 aromatic carbocycles. The monoisotopic (exact) mass is 480 g/mol. The Kier molecular flexibility index (Phi) is 6.98. The standard InChI is InChI=1S/C26H25FN2O4S/c1-33-24-12-5-2-8-20(24)13-14-28-26(30)17-29-16-25(22-10-3-4-11-23(22)29)34(31,32)18-19-7-6-9-21(27)15-19/h2-12,15-16H,13-14,17-18H2,1H3,(H,28,30). The lowest BCUT2D eigenvalue weighted by Crippen LogP contribution is -2.29. The van der Waals surface area contributed by atoms with Gasteiger partial charge in [-0.25, -0.2) is 12.8 Å². The first-order chi connectivity index (χ1) is 16.4. The van der Waals surface area contributed by atoms with Crippen LogP contribution in [0.3, 0.4) is 0 Å². The van der Waals surface area contributed by atoms with Gasteiger partial charge in [-0.2, -0.15) is 0 Å². The highest BCUT2D eigenvalue weighted by Crippen LogP contribution is 2.28. The van der Waals surface area contributed by atoms with E-state index in [0.29, 0.717) is 29.4 Å². The summed E-state index contributed by atoms with van der Waals surface area (Å²) in [6, 6.07) is 20.2. The number of amides is 1. The summed E-state index contributed by atoms with van der Waals surface area (Å²) in [6.07, 6.45) is 2.09. The van der Waals surface area contributed by atoms with Crippen LogP contribution in [0.1, 0.15) is 11.1 Å². The van der Waals surface area contributed by atoms with Gasteiger partial charge in [-0.15, -0.1) is 0 Å². The van der Waals surface area contributed by atoms with Gasteiger partial charge in [0.05, 0.1) is 17.8 Å². The number of ether oxygens (including phenoxy) is 1. The van der Waals surface area contributed by atoms with Crippen molar-refractivity contribution in [2.75, 3.05) is 13.7 Å². The maximum atomic E-state index is 13.5. The van der Waals surface area contributed by atoms with Crippen LogP contribution in [0.5, 0.6) is 5.75 Å². The molecule has 34 heavy (non-hydrogen) atoms. The Morgan fingerprint density at radius 2 is 1.79 bits per heavy atom. The van der Waals surface area contributed by atoms with Gasteiger partial charge in [0, 0.05) is 23.6 Å². The number of methoxy groups -OCH3 is 1. The number of nitrogens with zero attached hydrogens (tertiary/aromatic N) is 1. The molecule has 0 saturated heterocycles. The third kappa shape index (κ3) is 5.28. The number of carbonyl (C=O) groups is 1. The van der Waals surface area contributed by atoms with Crippen molar-refractivity contribution in [1.82, 2.24) is 9.88 Å². The van der Waals surface area contributed by atoms with E-state index in [9.17, 15) is 17.6 Å². The van der Waals surface area contributed by atoms with Crippen LogP contribution >= 0.6 is 0 Å². The number of fused-ring (bicyclic) bond motifs is 1. The maximum Gasteiger partial charge on any atom is 0.239 e. The lowest BCUT2D eigenvalue weighted by atomic mass is 10.1. The molecule has 0 radical (unpaired) electrons. The number of aromatic nitrogens is 1. The molecule has 0 aliphatic carbocycles. The van der Waals surface area contributed by atoms with Gasteiger partial charge in [-0.1, -0.05) is 48.5 Å². The summed E-state index contributed by atoms with van der Waals surface area (Å²) in [6.45, 7) is 0.394. The highest BCUT2D eigenvalue weighted by Gasteiger charge is 2.22. The van der Waals surface area contributed by atoms with Gasteiger partial charge in [0.15, 0.2) is 9.84 Å². The van der Waals surface area contributed by atoms with Crippen molar-refractivity contribution in [1.29, 1.82) is 0 Å². The van der Waals surface area contributed by atoms with Crippen LogP contribution in [0.4, 0.5) is 4.39 Å². The quantitative estimate of drug-likeness (QED) is 0.391. The number of carbonyl (C=O) groups excluding carboxylic acids is 1. The summed E-state index contributed by atoms with van der Waals surface area (Å²) >= 11 is 0. The predicted octanol–water partition coefficient (Wildman–Crippen LogP) is 4.12. The van der Waals surface area contributed by atoms with E-state index < -0.39 is 15.7 Å². The van der Waals surface area contributed by atoms with Crippen LogP contribution in [0.15, 0.2) is 83.9 Å². The summed E-state index contributed by atoms with van der Waals surface area (Å²) < 4.78 is 46.8. The first kappa shape index (κ1) is 23.5. The predicted molar refractivity (Wildman–Crippen MR) is 129 cm³/mol. The lowest BCUT2D eigenvalue weighted by Gasteiger charge is -2.10. The Bertz CT molecular complexity index is 1430. The third-order valence-corrected chi connectivity index (χ3v) is 7.26. The molecule has 176 valence electrons. The molecule has 0 spiro atoms. The van der Waals surface area contributed by atoms with Crippen molar-refractivity contribution in [3.63, 3.8) is 0 Å². The normalized spacial score (nSPS) is 11.5. The Morgan fingerprint density at radius 1 is 1.03 bits per heavy atom. The minimum Gasteiger partial charge on any atom is -0.496 e. The van der Waals surface area contributed by atoms with Crippen molar-refractivity contribution in [2.45, 2.75) is 23.6 Å². The van der Waals surface area contributed by atoms with E-state index in [-0.39, 0.29) is 23.1 Å². The molecule has 0 fully saturated rings. The number of sulfone groups is 1. The minimum absolute atomic E-state index is 0.0259. The van der Waals surface area contributed by atoms with Gasteiger partial charge in [0.25, 0.3) is 0 Å². The van der Waals surface area contributed by atoms with E-state index in [4.69, 9.17) is 4.74 Å². The van der Waals surface area contributed by atoms with E-state index in [0.717, 1.165) is 11.3 Å². The number of halogens is 1. The molecule has 1 heterocycles. The van der Waals surface area contributed by atoms with Crippen LogP contribution in [0, 0.1) is 5.82 Å². The topological polar surface area (TPSA) is 77.4 Å². The van der Waals surface area contributed by atoms with E-state index in [1.165, 1.54) is 24.4 Å². The lowest BCUT2D eigenvalue weighted by molar-refractivity contribution is -0.121. The van der Waals surface area contributed by atoms with Crippen molar-refractivity contribution in [3.8, 4) is 5.75 Å². The SMILES string of the molecule is COc1ccccc1CCNC(=O)Cn1cc(S(=O)(=O)Cc2cccc(F)c2)c2ccccc21. The summed E-state index contributed by atoms with van der Waals surface area (Å²) in [5.74, 6) is -0.282. The molecule has 8 heteroatoms. The Morgan fingerprint density at radius 3 is 2.59 bits per heavy atom. The number of benzene rings is 3. The first-order valence-corrected chi connectivity index (χ1v) is 12.5. The highest BCUT2D eigenvalue weighted by molar-refractivity contribution is 7.90. The zero-order valence-electron chi connectivity index (χ0n) is 18.7. The van der Waals surface area contributed by atoms with E-state index >= 15 is 0 Å². The molecular formula is C26H25FN2O4S. The average molecular weight is 481 g/mol. The molecule has 1 aromatic heterocycles. The molecule has 0 saturated carbocycles. The average Bonchev–Trinajstić information content (AvgIpc) is 3.18. The summed E-state index contributed by atoms with van der Waals surface area (Å²) in [4.78, 5) is 12.8. The minimum atomic E-state index is -3.77. The maximum absolute atomic E-state index is 13.5. The van der Waals surface area contributed by atoms with Gasteiger partial charge in [-0.3, -0.25) is 4.79 Å².